The Balaban J connectivity index is 1.79. The van der Waals surface area contributed by atoms with Crippen molar-refractivity contribution in [3.8, 4) is 0 Å². The summed E-state index contributed by atoms with van der Waals surface area (Å²) in [5.74, 6) is 0.662. The predicted molar refractivity (Wildman–Crippen MR) is 72.8 cm³/mol. The normalized spacial score (nSPS) is 33.1. The van der Waals surface area contributed by atoms with Gasteiger partial charge >= 0.3 is 0 Å². The van der Waals surface area contributed by atoms with Crippen LogP contribution in [-0.4, -0.2) is 60.9 Å². The average Bonchev–Trinajstić information content (AvgIpc) is 2.42. The zero-order valence-corrected chi connectivity index (χ0v) is 11.8. The van der Waals surface area contributed by atoms with Crippen molar-refractivity contribution in [2.24, 2.45) is 5.92 Å². The van der Waals surface area contributed by atoms with Gasteiger partial charge in [-0.1, -0.05) is 19.8 Å². The quantitative estimate of drug-likeness (QED) is 0.775. The summed E-state index contributed by atoms with van der Waals surface area (Å²) in [7, 11) is 0. The minimum atomic E-state index is -0.0386. The van der Waals surface area contributed by atoms with Crippen molar-refractivity contribution in [3.63, 3.8) is 0 Å². The number of carbonyl (C=O) groups excluding carboxylic acids is 1. The molecule has 3 atom stereocenters. The summed E-state index contributed by atoms with van der Waals surface area (Å²) in [6.07, 6.45) is 4.80. The summed E-state index contributed by atoms with van der Waals surface area (Å²) in [5.41, 5.74) is 0. The number of carbonyl (C=O) groups is 1. The van der Waals surface area contributed by atoms with Gasteiger partial charge in [0.25, 0.3) is 0 Å². The number of rotatable bonds is 4. The molecule has 2 fully saturated rings. The van der Waals surface area contributed by atoms with Crippen LogP contribution in [0.4, 0.5) is 0 Å². The van der Waals surface area contributed by atoms with Crippen LogP contribution in [0, 0.1) is 5.92 Å². The Bertz CT molecular complexity index is 298. The molecule has 0 aromatic rings. The number of nitrogens with zero attached hydrogens (tertiary/aromatic N) is 1. The van der Waals surface area contributed by atoms with E-state index in [-0.39, 0.29) is 18.6 Å². The van der Waals surface area contributed by atoms with Crippen molar-refractivity contribution in [2.75, 3.05) is 32.9 Å². The summed E-state index contributed by atoms with van der Waals surface area (Å²) >= 11 is 0. The van der Waals surface area contributed by atoms with E-state index in [9.17, 15) is 9.90 Å². The molecule has 0 spiro atoms. The van der Waals surface area contributed by atoms with Crippen molar-refractivity contribution >= 4 is 5.91 Å². The van der Waals surface area contributed by atoms with E-state index < -0.39 is 0 Å². The van der Waals surface area contributed by atoms with E-state index in [4.69, 9.17) is 4.74 Å². The van der Waals surface area contributed by atoms with Crippen LogP contribution < -0.4 is 5.32 Å². The van der Waals surface area contributed by atoms with Gasteiger partial charge in [-0.25, -0.2) is 0 Å². The zero-order valence-electron chi connectivity index (χ0n) is 11.8. The molecule has 3 unspecified atom stereocenters. The van der Waals surface area contributed by atoms with Crippen LogP contribution in [0.25, 0.3) is 0 Å². The lowest BCUT2D eigenvalue weighted by Crippen LogP contribution is -2.53. The van der Waals surface area contributed by atoms with Crippen molar-refractivity contribution in [3.05, 3.63) is 0 Å². The Morgan fingerprint density at radius 3 is 2.95 bits per heavy atom. The first-order valence-corrected chi connectivity index (χ1v) is 7.42. The van der Waals surface area contributed by atoms with Gasteiger partial charge in [0.15, 0.2) is 0 Å². The second-order valence-electron chi connectivity index (χ2n) is 5.82. The molecule has 0 aromatic carbocycles. The summed E-state index contributed by atoms with van der Waals surface area (Å²) < 4.78 is 5.32. The molecule has 1 aliphatic heterocycles. The van der Waals surface area contributed by atoms with Crippen LogP contribution in [0.5, 0.6) is 0 Å². The molecule has 2 aliphatic rings. The van der Waals surface area contributed by atoms with Crippen LogP contribution in [0.15, 0.2) is 0 Å². The Hall–Kier alpha value is -0.650. The highest BCUT2D eigenvalue weighted by Crippen LogP contribution is 2.23. The fourth-order valence-electron chi connectivity index (χ4n) is 3.03. The largest absolute Gasteiger partial charge is 0.395 e. The van der Waals surface area contributed by atoms with Crippen molar-refractivity contribution in [1.29, 1.82) is 0 Å². The second-order valence-corrected chi connectivity index (χ2v) is 5.82. The molecule has 19 heavy (non-hydrogen) atoms. The number of aliphatic hydroxyl groups excluding tert-OH is 1. The first-order valence-electron chi connectivity index (χ1n) is 7.42. The Morgan fingerprint density at radius 2 is 2.21 bits per heavy atom. The molecule has 1 saturated carbocycles. The lowest BCUT2D eigenvalue weighted by molar-refractivity contribution is -0.126. The molecule has 0 radical (unpaired) electrons. The first kappa shape index (κ1) is 14.8. The molecule has 1 amide bonds. The number of hydrogen-bond donors (Lipinski definition) is 2. The fraction of sp³-hybridized carbons (Fsp3) is 0.929. The van der Waals surface area contributed by atoms with Crippen LogP contribution in [0.1, 0.15) is 32.6 Å². The summed E-state index contributed by atoms with van der Waals surface area (Å²) in [5, 5.41) is 12.4. The van der Waals surface area contributed by atoms with E-state index >= 15 is 0 Å². The van der Waals surface area contributed by atoms with Crippen molar-refractivity contribution in [2.45, 2.75) is 44.7 Å². The van der Waals surface area contributed by atoms with E-state index in [0.717, 1.165) is 13.0 Å². The van der Waals surface area contributed by atoms with Gasteiger partial charge in [0.1, 0.15) is 0 Å². The van der Waals surface area contributed by atoms with Gasteiger partial charge in [0, 0.05) is 12.6 Å². The van der Waals surface area contributed by atoms with Gasteiger partial charge < -0.3 is 15.2 Å². The third kappa shape index (κ3) is 4.16. The number of ether oxygens (including phenoxy) is 1. The molecular weight excluding hydrogens is 244 g/mol. The van der Waals surface area contributed by atoms with Gasteiger partial charge in [-0.3, -0.25) is 9.69 Å². The predicted octanol–water partition coefficient (Wildman–Crippen LogP) is 0.374. The molecule has 110 valence electrons. The number of morpholine rings is 1. The molecule has 1 heterocycles. The minimum Gasteiger partial charge on any atom is -0.395 e. The van der Waals surface area contributed by atoms with E-state index in [1.165, 1.54) is 19.3 Å². The highest BCUT2D eigenvalue weighted by molar-refractivity contribution is 5.78. The highest BCUT2D eigenvalue weighted by Gasteiger charge is 2.27. The van der Waals surface area contributed by atoms with Gasteiger partial charge in [-0.2, -0.15) is 0 Å². The second kappa shape index (κ2) is 7.22. The molecule has 1 saturated heterocycles. The minimum absolute atomic E-state index is 0.0386. The van der Waals surface area contributed by atoms with Gasteiger partial charge in [0.2, 0.25) is 5.91 Å². The monoisotopic (exact) mass is 270 g/mol. The number of nitrogens with one attached hydrogen (secondary N) is 1. The van der Waals surface area contributed by atoms with E-state index in [1.807, 2.05) is 4.90 Å². The SMILES string of the molecule is CC1CCCCC1NC(=O)CN1CCOCC1CO. The van der Waals surface area contributed by atoms with Crippen molar-refractivity contribution < 1.29 is 14.6 Å². The zero-order chi connectivity index (χ0) is 13.7. The maximum absolute atomic E-state index is 12.1. The number of aliphatic hydroxyl groups is 1. The third-order valence-electron chi connectivity index (χ3n) is 4.36. The van der Waals surface area contributed by atoms with Gasteiger partial charge in [-0.15, -0.1) is 0 Å². The maximum atomic E-state index is 12.1. The summed E-state index contributed by atoms with van der Waals surface area (Å²) in [6, 6.07) is 0.290. The average molecular weight is 270 g/mol. The van der Waals surface area contributed by atoms with Crippen molar-refractivity contribution in [1.82, 2.24) is 10.2 Å². The fourth-order valence-corrected chi connectivity index (χ4v) is 3.03. The molecular formula is C14H26N2O3. The number of amides is 1. The Kier molecular flexibility index (Phi) is 5.60. The molecule has 0 bridgehead atoms. The lowest BCUT2D eigenvalue weighted by atomic mass is 9.86. The summed E-state index contributed by atoms with van der Waals surface area (Å²) in [6.45, 7) is 4.52. The van der Waals surface area contributed by atoms with Gasteiger partial charge in [0.05, 0.1) is 32.4 Å². The first-order chi connectivity index (χ1) is 9.20. The lowest BCUT2D eigenvalue weighted by Gasteiger charge is -2.35. The molecule has 1 aliphatic carbocycles. The standard InChI is InChI=1S/C14H26N2O3/c1-11-4-2-3-5-13(11)15-14(18)8-16-6-7-19-10-12(16)9-17/h11-13,17H,2-10H2,1H3,(H,15,18). The van der Waals surface area contributed by atoms with Gasteiger partial charge in [-0.05, 0) is 18.8 Å². The number of hydrogen-bond acceptors (Lipinski definition) is 4. The Morgan fingerprint density at radius 1 is 1.42 bits per heavy atom. The van der Waals surface area contributed by atoms with Crippen LogP contribution in [0.3, 0.4) is 0 Å². The Labute approximate surface area is 115 Å². The third-order valence-corrected chi connectivity index (χ3v) is 4.36. The highest BCUT2D eigenvalue weighted by atomic mass is 16.5. The van der Waals surface area contributed by atoms with E-state index in [0.29, 0.717) is 31.7 Å². The topological polar surface area (TPSA) is 61.8 Å². The molecule has 2 rings (SSSR count). The van der Waals surface area contributed by atoms with E-state index in [1.54, 1.807) is 0 Å². The maximum Gasteiger partial charge on any atom is 0.234 e. The van der Waals surface area contributed by atoms with Crippen LogP contribution >= 0.6 is 0 Å². The smallest absolute Gasteiger partial charge is 0.234 e. The summed E-state index contributed by atoms with van der Waals surface area (Å²) in [4.78, 5) is 14.1. The molecule has 2 N–H and O–H groups in total. The van der Waals surface area contributed by atoms with Crippen LogP contribution in [-0.2, 0) is 9.53 Å². The molecule has 0 aromatic heterocycles. The molecule has 5 heteroatoms. The van der Waals surface area contributed by atoms with E-state index in [2.05, 4.69) is 12.2 Å². The van der Waals surface area contributed by atoms with Crippen LogP contribution in [0.2, 0.25) is 0 Å². The molecule has 5 nitrogen and oxygen atoms in total.